The predicted molar refractivity (Wildman–Crippen MR) is 90.0 cm³/mol. The van der Waals surface area contributed by atoms with Crippen LogP contribution in [0.4, 0.5) is 4.39 Å². The number of amides is 1. The molecule has 7 heteroatoms. The summed E-state index contributed by atoms with van der Waals surface area (Å²) in [6.07, 6.45) is 3.41. The molecule has 0 aliphatic rings. The maximum atomic E-state index is 13.0. The van der Waals surface area contributed by atoms with Crippen LogP contribution in [0.2, 0.25) is 0 Å². The van der Waals surface area contributed by atoms with Gasteiger partial charge in [0.25, 0.3) is 0 Å². The number of nitrogens with two attached hydrogens (primary N) is 1. The summed E-state index contributed by atoms with van der Waals surface area (Å²) in [4.78, 5) is 11.7. The molecular formula is C17H17FN2O3S. The van der Waals surface area contributed by atoms with Crippen molar-refractivity contribution in [1.82, 2.24) is 5.32 Å². The number of sulfonamides is 1. The molecule has 126 valence electrons. The lowest BCUT2D eigenvalue weighted by Gasteiger charge is -2.04. The first kappa shape index (κ1) is 17.8. The van der Waals surface area contributed by atoms with Crippen molar-refractivity contribution in [1.29, 1.82) is 0 Å². The Morgan fingerprint density at radius 1 is 1.17 bits per heavy atom. The lowest BCUT2D eigenvalue weighted by molar-refractivity contribution is -0.116. The molecule has 3 N–H and O–H groups in total. The van der Waals surface area contributed by atoms with E-state index in [1.807, 2.05) is 0 Å². The van der Waals surface area contributed by atoms with Crippen LogP contribution in [-0.4, -0.2) is 20.9 Å². The first-order valence-electron chi connectivity index (χ1n) is 7.18. The zero-order chi connectivity index (χ0) is 17.6. The van der Waals surface area contributed by atoms with E-state index >= 15 is 0 Å². The van der Waals surface area contributed by atoms with E-state index in [1.54, 1.807) is 24.3 Å². The molecule has 1 amide bonds. The first-order chi connectivity index (χ1) is 11.3. The number of halogens is 1. The fraction of sp³-hybridized carbons (Fsp3) is 0.118. The molecule has 0 aliphatic heterocycles. The number of hydrogen-bond acceptors (Lipinski definition) is 3. The molecule has 0 heterocycles. The SMILES string of the molecule is NS(=O)(=O)c1ccc(CCNC(=O)C=Cc2cccc(F)c2)cc1. The fourth-order valence-corrected chi connectivity index (χ4v) is 2.53. The monoisotopic (exact) mass is 348 g/mol. The van der Waals surface area contributed by atoms with Crippen LogP contribution in [0.15, 0.2) is 59.5 Å². The molecule has 0 bridgehead atoms. The summed E-state index contributed by atoms with van der Waals surface area (Å²) in [6.45, 7) is 0.390. The molecule has 2 aromatic carbocycles. The molecule has 0 spiro atoms. The average Bonchev–Trinajstić information content (AvgIpc) is 2.53. The highest BCUT2D eigenvalue weighted by Gasteiger charge is 2.06. The van der Waals surface area contributed by atoms with Gasteiger partial charge >= 0.3 is 0 Å². The Kier molecular flexibility index (Phi) is 5.83. The maximum Gasteiger partial charge on any atom is 0.244 e. The van der Waals surface area contributed by atoms with E-state index in [2.05, 4.69) is 5.32 Å². The van der Waals surface area contributed by atoms with Gasteiger partial charge in [0.05, 0.1) is 4.90 Å². The second-order valence-electron chi connectivity index (χ2n) is 5.12. The van der Waals surface area contributed by atoms with Crippen LogP contribution in [0, 0.1) is 5.82 Å². The number of primary sulfonamides is 1. The Balaban J connectivity index is 1.82. The molecule has 0 saturated carbocycles. The van der Waals surface area contributed by atoms with Gasteiger partial charge in [-0.25, -0.2) is 17.9 Å². The van der Waals surface area contributed by atoms with Gasteiger partial charge in [-0.15, -0.1) is 0 Å². The molecule has 2 aromatic rings. The molecule has 0 radical (unpaired) electrons. The van der Waals surface area contributed by atoms with E-state index in [-0.39, 0.29) is 16.6 Å². The summed E-state index contributed by atoms with van der Waals surface area (Å²) in [7, 11) is -3.70. The van der Waals surface area contributed by atoms with Crippen LogP contribution in [-0.2, 0) is 21.2 Å². The molecule has 0 unspecified atom stereocenters. The lowest BCUT2D eigenvalue weighted by atomic mass is 10.1. The first-order valence-corrected chi connectivity index (χ1v) is 8.72. The van der Waals surface area contributed by atoms with Gasteiger partial charge < -0.3 is 5.32 Å². The number of hydrogen-bond donors (Lipinski definition) is 2. The van der Waals surface area contributed by atoms with Gasteiger partial charge in [0, 0.05) is 12.6 Å². The zero-order valence-corrected chi connectivity index (χ0v) is 13.6. The van der Waals surface area contributed by atoms with Crippen LogP contribution < -0.4 is 10.5 Å². The van der Waals surface area contributed by atoms with E-state index in [0.717, 1.165) is 5.56 Å². The predicted octanol–water partition coefficient (Wildman–Crippen LogP) is 1.85. The number of carbonyl (C=O) groups excluding carboxylic acids is 1. The van der Waals surface area contributed by atoms with Gasteiger partial charge in [-0.2, -0.15) is 0 Å². The largest absolute Gasteiger partial charge is 0.352 e. The topological polar surface area (TPSA) is 89.3 Å². The highest BCUT2D eigenvalue weighted by molar-refractivity contribution is 7.89. The Morgan fingerprint density at radius 3 is 2.50 bits per heavy atom. The molecule has 0 fully saturated rings. The van der Waals surface area contributed by atoms with Gasteiger partial charge in [-0.3, -0.25) is 4.79 Å². The van der Waals surface area contributed by atoms with Crippen molar-refractivity contribution in [2.45, 2.75) is 11.3 Å². The minimum absolute atomic E-state index is 0.0494. The van der Waals surface area contributed by atoms with Crippen molar-refractivity contribution in [3.8, 4) is 0 Å². The third-order valence-corrected chi connectivity index (χ3v) is 4.17. The Labute approximate surface area is 140 Å². The molecule has 0 aliphatic carbocycles. The second kappa shape index (κ2) is 7.85. The van der Waals surface area contributed by atoms with Crippen LogP contribution in [0.1, 0.15) is 11.1 Å². The van der Waals surface area contributed by atoms with Gasteiger partial charge in [0.2, 0.25) is 15.9 Å². The highest BCUT2D eigenvalue weighted by Crippen LogP contribution is 2.09. The van der Waals surface area contributed by atoms with E-state index in [4.69, 9.17) is 5.14 Å². The van der Waals surface area contributed by atoms with Crippen molar-refractivity contribution in [3.05, 3.63) is 71.6 Å². The minimum atomic E-state index is -3.70. The molecule has 0 saturated heterocycles. The lowest BCUT2D eigenvalue weighted by Crippen LogP contribution is -2.23. The normalized spacial score (nSPS) is 11.6. The number of nitrogens with one attached hydrogen (secondary N) is 1. The summed E-state index contributed by atoms with van der Waals surface area (Å²) in [5.74, 6) is -0.652. The number of rotatable bonds is 6. The third-order valence-electron chi connectivity index (χ3n) is 3.24. The van der Waals surface area contributed by atoms with E-state index in [1.165, 1.54) is 36.4 Å². The quantitative estimate of drug-likeness (QED) is 0.781. The van der Waals surface area contributed by atoms with Gasteiger partial charge in [-0.05, 0) is 47.9 Å². The van der Waals surface area contributed by atoms with Crippen LogP contribution in [0.25, 0.3) is 6.08 Å². The standard InChI is InChI=1S/C17H17FN2O3S/c18-15-3-1-2-14(12-15)6-9-17(21)20-11-10-13-4-7-16(8-5-13)24(19,22)23/h1-9,12H,10-11H2,(H,20,21)(H2,19,22,23). The summed E-state index contributed by atoms with van der Waals surface area (Å²) in [5.41, 5.74) is 1.47. The second-order valence-corrected chi connectivity index (χ2v) is 6.68. The van der Waals surface area contributed by atoms with Crippen LogP contribution in [0.3, 0.4) is 0 Å². The average molecular weight is 348 g/mol. The summed E-state index contributed by atoms with van der Waals surface area (Å²) < 4.78 is 35.3. The Hall–Kier alpha value is -2.51. The summed E-state index contributed by atoms with van der Waals surface area (Å²) >= 11 is 0. The van der Waals surface area contributed by atoms with Gasteiger partial charge in [0.1, 0.15) is 5.82 Å². The van der Waals surface area contributed by atoms with Crippen molar-refractivity contribution >= 4 is 22.0 Å². The van der Waals surface area contributed by atoms with Crippen molar-refractivity contribution in [2.24, 2.45) is 5.14 Å². The van der Waals surface area contributed by atoms with E-state index < -0.39 is 10.0 Å². The molecule has 24 heavy (non-hydrogen) atoms. The van der Waals surface area contributed by atoms with Crippen LogP contribution in [0.5, 0.6) is 0 Å². The Bertz CT molecular complexity index is 846. The Morgan fingerprint density at radius 2 is 1.88 bits per heavy atom. The smallest absolute Gasteiger partial charge is 0.244 e. The molecule has 0 atom stereocenters. The molecular weight excluding hydrogens is 331 g/mol. The van der Waals surface area contributed by atoms with Crippen molar-refractivity contribution in [3.63, 3.8) is 0 Å². The molecule has 2 rings (SSSR count). The van der Waals surface area contributed by atoms with Crippen molar-refractivity contribution in [2.75, 3.05) is 6.54 Å². The molecule has 0 aromatic heterocycles. The van der Waals surface area contributed by atoms with E-state index in [9.17, 15) is 17.6 Å². The zero-order valence-electron chi connectivity index (χ0n) is 12.8. The van der Waals surface area contributed by atoms with Crippen molar-refractivity contribution < 1.29 is 17.6 Å². The number of benzene rings is 2. The fourth-order valence-electron chi connectivity index (χ4n) is 2.02. The van der Waals surface area contributed by atoms with Gasteiger partial charge in [-0.1, -0.05) is 24.3 Å². The minimum Gasteiger partial charge on any atom is -0.352 e. The number of carbonyl (C=O) groups is 1. The summed E-state index contributed by atoms with van der Waals surface area (Å²) in [5, 5.41) is 7.72. The maximum absolute atomic E-state index is 13.0. The van der Waals surface area contributed by atoms with Crippen LogP contribution >= 0.6 is 0 Å². The molecule has 5 nitrogen and oxygen atoms in total. The van der Waals surface area contributed by atoms with Gasteiger partial charge in [0.15, 0.2) is 0 Å². The summed E-state index contributed by atoms with van der Waals surface area (Å²) in [6, 6.07) is 12.1. The van der Waals surface area contributed by atoms with E-state index in [0.29, 0.717) is 18.5 Å². The highest BCUT2D eigenvalue weighted by atomic mass is 32.2. The third kappa shape index (κ3) is 5.60.